The zero-order valence-electron chi connectivity index (χ0n) is 12.3. The lowest BCUT2D eigenvalue weighted by Gasteiger charge is -2.13. The van der Waals surface area contributed by atoms with Crippen LogP contribution < -0.4 is 15.2 Å². The van der Waals surface area contributed by atoms with Crippen LogP contribution in [0.5, 0.6) is 11.5 Å². The highest BCUT2D eigenvalue weighted by atomic mass is 35.5. The molecule has 0 radical (unpaired) electrons. The predicted octanol–water partition coefficient (Wildman–Crippen LogP) is 3.71. The molecule has 116 valence electrons. The topological polar surface area (TPSA) is 57.4 Å². The molecule has 0 unspecified atom stereocenters. The Morgan fingerprint density at radius 3 is 2.43 bits per heavy atom. The molecule has 2 rings (SSSR count). The fourth-order valence-corrected chi connectivity index (χ4v) is 1.97. The standard InChI is InChI=1S/C15H18N2O2.2ClH/c1-10-8-17-13(11(2)15(10)18-3)9-19-14-7-5-4-6-12(14)16;;/h4-8H,9,16H2,1-3H3;2*1H. The van der Waals surface area contributed by atoms with Crippen LogP contribution in [0.4, 0.5) is 5.69 Å². The molecular weight excluding hydrogens is 311 g/mol. The predicted molar refractivity (Wildman–Crippen MR) is 89.9 cm³/mol. The molecule has 1 heterocycles. The Labute approximate surface area is 137 Å². The van der Waals surface area contributed by atoms with Crippen molar-refractivity contribution in [1.29, 1.82) is 0 Å². The molecule has 0 saturated carbocycles. The summed E-state index contributed by atoms with van der Waals surface area (Å²) in [6.45, 7) is 4.32. The van der Waals surface area contributed by atoms with E-state index in [2.05, 4.69) is 4.98 Å². The van der Waals surface area contributed by atoms with Gasteiger partial charge in [0.25, 0.3) is 0 Å². The normalized spacial score (nSPS) is 9.29. The van der Waals surface area contributed by atoms with Gasteiger partial charge in [0.2, 0.25) is 0 Å². The monoisotopic (exact) mass is 330 g/mol. The lowest BCUT2D eigenvalue weighted by atomic mass is 10.1. The SMILES string of the molecule is COc1c(C)cnc(COc2ccccc2N)c1C.Cl.Cl. The number of hydrogen-bond donors (Lipinski definition) is 1. The van der Waals surface area contributed by atoms with Crippen LogP contribution in [0.1, 0.15) is 16.8 Å². The first-order valence-electron chi connectivity index (χ1n) is 6.10. The van der Waals surface area contributed by atoms with Crippen LogP contribution in [-0.4, -0.2) is 12.1 Å². The Morgan fingerprint density at radius 2 is 1.81 bits per heavy atom. The van der Waals surface area contributed by atoms with Gasteiger partial charge in [-0.2, -0.15) is 0 Å². The number of para-hydroxylation sites is 2. The first kappa shape index (κ1) is 19.4. The van der Waals surface area contributed by atoms with Gasteiger partial charge in [0.1, 0.15) is 18.1 Å². The summed E-state index contributed by atoms with van der Waals surface area (Å²) in [7, 11) is 1.66. The Bertz CT molecular complexity index is 592. The van der Waals surface area contributed by atoms with E-state index in [4.69, 9.17) is 15.2 Å². The maximum absolute atomic E-state index is 5.83. The number of methoxy groups -OCH3 is 1. The second-order valence-corrected chi connectivity index (χ2v) is 4.37. The van der Waals surface area contributed by atoms with Crippen molar-refractivity contribution in [3.8, 4) is 11.5 Å². The number of pyridine rings is 1. The molecule has 1 aromatic carbocycles. The Morgan fingerprint density at radius 1 is 1.14 bits per heavy atom. The quantitative estimate of drug-likeness (QED) is 0.868. The van der Waals surface area contributed by atoms with Gasteiger partial charge < -0.3 is 15.2 Å². The van der Waals surface area contributed by atoms with E-state index in [1.165, 1.54) is 0 Å². The number of halogens is 2. The number of nitrogens with two attached hydrogens (primary N) is 1. The minimum absolute atomic E-state index is 0. The number of nitrogen functional groups attached to an aromatic ring is 1. The van der Waals surface area contributed by atoms with Crippen molar-refractivity contribution < 1.29 is 9.47 Å². The number of hydrogen-bond acceptors (Lipinski definition) is 4. The van der Waals surface area contributed by atoms with E-state index >= 15 is 0 Å². The molecule has 0 aliphatic rings. The van der Waals surface area contributed by atoms with Gasteiger partial charge in [0.05, 0.1) is 18.5 Å². The van der Waals surface area contributed by atoms with Gasteiger partial charge in [0, 0.05) is 17.3 Å². The average molecular weight is 331 g/mol. The molecule has 0 spiro atoms. The molecule has 0 amide bonds. The Kier molecular flexibility index (Phi) is 7.92. The minimum Gasteiger partial charge on any atom is -0.496 e. The number of anilines is 1. The molecule has 0 fully saturated rings. The highest BCUT2D eigenvalue weighted by molar-refractivity contribution is 5.85. The summed E-state index contributed by atoms with van der Waals surface area (Å²) >= 11 is 0. The third kappa shape index (κ3) is 4.41. The van der Waals surface area contributed by atoms with Crippen molar-refractivity contribution in [1.82, 2.24) is 4.98 Å². The molecule has 0 atom stereocenters. The lowest BCUT2D eigenvalue weighted by molar-refractivity contribution is 0.300. The third-order valence-electron chi connectivity index (χ3n) is 3.03. The molecule has 21 heavy (non-hydrogen) atoms. The molecule has 6 heteroatoms. The van der Waals surface area contributed by atoms with E-state index < -0.39 is 0 Å². The van der Waals surface area contributed by atoms with Crippen LogP contribution >= 0.6 is 24.8 Å². The number of aromatic nitrogens is 1. The summed E-state index contributed by atoms with van der Waals surface area (Å²) in [5.74, 6) is 1.53. The summed E-state index contributed by atoms with van der Waals surface area (Å²) in [4.78, 5) is 4.39. The molecular formula is C15H20Cl2N2O2. The van der Waals surface area contributed by atoms with Crippen molar-refractivity contribution in [2.45, 2.75) is 20.5 Å². The second kappa shape index (κ2) is 8.60. The summed E-state index contributed by atoms with van der Waals surface area (Å²) in [6, 6.07) is 7.42. The van der Waals surface area contributed by atoms with Gasteiger partial charge in [-0.1, -0.05) is 12.1 Å². The van der Waals surface area contributed by atoms with Gasteiger partial charge in [-0.05, 0) is 26.0 Å². The summed E-state index contributed by atoms with van der Waals surface area (Å²) in [6.07, 6.45) is 1.79. The van der Waals surface area contributed by atoms with E-state index in [9.17, 15) is 0 Å². The van der Waals surface area contributed by atoms with E-state index in [-0.39, 0.29) is 24.8 Å². The van der Waals surface area contributed by atoms with Gasteiger partial charge in [-0.25, -0.2) is 0 Å². The fraction of sp³-hybridized carbons (Fsp3) is 0.267. The zero-order valence-corrected chi connectivity index (χ0v) is 13.9. The van der Waals surface area contributed by atoms with Crippen molar-refractivity contribution in [2.24, 2.45) is 0 Å². The summed E-state index contributed by atoms with van der Waals surface area (Å²) in [5.41, 5.74) is 9.32. The van der Waals surface area contributed by atoms with Crippen LogP contribution in [0.3, 0.4) is 0 Å². The Balaban J connectivity index is 0.00000200. The smallest absolute Gasteiger partial charge is 0.142 e. The lowest BCUT2D eigenvalue weighted by Crippen LogP contribution is -2.05. The second-order valence-electron chi connectivity index (χ2n) is 4.37. The molecule has 2 N–H and O–H groups in total. The van der Waals surface area contributed by atoms with Crippen molar-refractivity contribution in [2.75, 3.05) is 12.8 Å². The van der Waals surface area contributed by atoms with Crippen molar-refractivity contribution >= 4 is 30.5 Å². The van der Waals surface area contributed by atoms with Crippen molar-refractivity contribution in [3.63, 3.8) is 0 Å². The number of ether oxygens (including phenoxy) is 2. The largest absolute Gasteiger partial charge is 0.496 e. The van der Waals surface area contributed by atoms with Gasteiger partial charge in [0.15, 0.2) is 0 Å². The van der Waals surface area contributed by atoms with Crippen LogP contribution in [0.25, 0.3) is 0 Å². The number of rotatable bonds is 4. The van der Waals surface area contributed by atoms with Gasteiger partial charge >= 0.3 is 0 Å². The highest BCUT2D eigenvalue weighted by Crippen LogP contribution is 2.26. The van der Waals surface area contributed by atoms with E-state index in [0.717, 1.165) is 22.6 Å². The zero-order chi connectivity index (χ0) is 13.8. The molecule has 1 aromatic heterocycles. The molecule has 0 saturated heterocycles. The van der Waals surface area contributed by atoms with Crippen molar-refractivity contribution in [3.05, 3.63) is 47.3 Å². The number of benzene rings is 1. The fourth-order valence-electron chi connectivity index (χ4n) is 1.97. The first-order chi connectivity index (χ1) is 9.13. The third-order valence-corrected chi connectivity index (χ3v) is 3.03. The molecule has 2 aromatic rings. The summed E-state index contributed by atoms with van der Waals surface area (Å²) < 4.78 is 11.1. The van der Waals surface area contributed by atoms with Gasteiger partial charge in [-0.15, -0.1) is 24.8 Å². The Hall–Kier alpha value is -1.65. The molecule has 4 nitrogen and oxygen atoms in total. The van der Waals surface area contributed by atoms with E-state index in [1.807, 2.05) is 38.1 Å². The van der Waals surface area contributed by atoms with Crippen LogP contribution in [0.15, 0.2) is 30.5 Å². The summed E-state index contributed by atoms with van der Waals surface area (Å²) in [5, 5.41) is 0. The van der Waals surface area contributed by atoms with Gasteiger partial charge in [-0.3, -0.25) is 4.98 Å². The first-order valence-corrected chi connectivity index (χ1v) is 6.10. The number of nitrogens with zero attached hydrogens (tertiary/aromatic N) is 1. The van der Waals surface area contributed by atoms with E-state index in [1.54, 1.807) is 13.3 Å². The van der Waals surface area contributed by atoms with Crippen LogP contribution in [-0.2, 0) is 6.61 Å². The van der Waals surface area contributed by atoms with Crippen LogP contribution in [0, 0.1) is 13.8 Å². The van der Waals surface area contributed by atoms with E-state index in [0.29, 0.717) is 18.0 Å². The average Bonchev–Trinajstić information content (AvgIpc) is 2.40. The molecule has 0 bridgehead atoms. The number of aryl methyl sites for hydroxylation is 1. The molecule has 0 aliphatic carbocycles. The minimum atomic E-state index is 0. The maximum atomic E-state index is 5.83. The highest BCUT2D eigenvalue weighted by Gasteiger charge is 2.10. The van der Waals surface area contributed by atoms with Crippen LogP contribution in [0.2, 0.25) is 0 Å². The maximum Gasteiger partial charge on any atom is 0.142 e. The molecule has 0 aliphatic heterocycles.